The zero-order chi connectivity index (χ0) is 9.30. The van der Waals surface area contributed by atoms with Crippen LogP contribution in [0.5, 0.6) is 0 Å². The lowest BCUT2D eigenvalue weighted by Crippen LogP contribution is -2.15. The van der Waals surface area contributed by atoms with Gasteiger partial charge in [-0.15, -0.1) is 10.2 Å². The van der Waals surface area contributed by atoms with Gasteiger partial charge in [0.1, 0.15) is 11.6 Å². The van der Waals surface area contributed by atoms with Gasteiger partial charge in [0.05, 0.1) is 6.04 Å². The van der Waals surface area contributed by atoms with Crippen LogP contribution in [0.25, 0.3) is 0 Å². The Kier molecular flexibility index (Phi) is 2.47. The van der Waals surface area contributed by atoms with Gasteiger partial charge in [0.25, 0.3) is 0 Å². The second-order valence-electron chi connectivity index (χ2n) is 3.36. The maximum atomic E-state index is 5.74. The third kappa shape index (κ3) is 1.48. The highest BCUT2D eigenvalue weighted by molar-refractivity contribution is 4.99. The molecule has 1 aromatic rings. The van der Waals surface area contributed by atoms with Crippen LogP contribution in [0.2, 0.25) is 0 Å². The fraction of sp³-hybridized carbons (Fsp3) is 0.750. The summed E-state index contributed by atoms with van der Waals surface area (Å²) in [4.78, 5) is 0. The summed E-state index contributed by atoms with van der Waals surface area (Å²) in [6.45, 7) is 8.06. The Morgan fingerprint density at radius 2 is 1.83 bits per heavy atom. The first-order valence-corrected chi connectivity index (χ1v) is 4.21. The molecular weight excluding hydrogens is 152 g/mol. The minimum atomic E-state index is -0.0476. The summed E-state index contributed by atoms with van der Waals surface area (Å²) in [5.74, 6) is 1.79. The Labute approximate surface area is 72.8 Å². The molecular formula is C8H16N4. The first kappa shape index (κ1) is 9.19. The molecule has 0 aliphatic rings. The van der Waals surface area contributed by atoms with Crippen LogP contribution in [-0.2, 0) is 0 Å². The van der Waals surface area contributed by atoms with Crippen molar-refractivity contribution < 1.29 is 0 Å². The van der Waals surface area contributed by atoms with Crippen molar-refractivity contribution in [3.05, 3.63) is 11.6 Å². The van der Waals surface area contributed by atoms with Crippen molar-refractivity contribution in [3.63, 3.8) is 0 Å². The quantitative estimate of drug-likeness (QED) is 0.721. The normalized spacial score (nSPS) is 13.8. The van der Waals surface area contributed by atoms with E-state index in [1.54, 1.807) is 0 Å². The van der Waals surface area contributed by atoms with Gasteiger partial charge in [-0.05, 0) is 27.7 Å². The van der Waals surface area contributed by atoms with E-state index in [-0.39, 0.29) is 6.04 Å². The van der Waals surface area contributed by atoms with E-state index in [9.17, 15) is 0 Å². The van der Waals surface area contributed by atoms with Crippen molar-refractivity contribution in [1.29, 1.82) is 0 Å². The predicted molar refractivity (Wildman–Crippen MR) is 47.7 cm³/mol. The van der Waals surface area contributed by atoms with Gasteiger partial charge in [-0.25, -0.2) is 0 Å². The third-order valence-electron chi connectivity index (χ3n) is 1.82. The van der Waals surface area contributed by atoms with Gasteiger partial charge in [0.15, 0.2) is 0 Å². The van der Waals surface area contributed by atoms with Crippen molar-refractivity contribution in [1.82, 2.24) is 14.8 Å². The van der Waals surface area contributed by atoms with E-state index >= 15 is 0 Å². The first-order valence-electron chi connectivity index (χ1n) is 4.21. The molecule has 0 saturated heterocycles. The van der Waals surface area contributed by atoms with E-state index in [1.165, 1.54) is 0 Å². The van der Waals surface area contributed by atoms with Crippen LogP contribution in [0.1, 0.15) is 44.5 Å². The molecule has 0 spiro atoms. The second kappa shape index (κ2) is 3.23. The molecule has 4 nitrogen and oxygen atoms in total. The van der Waals surface area contributed by atoms with Gasteiger partial charge in [-0.2, -0.15) is 0 Å². The van der Waals surface area contributed by atoms with Crippen molar-refractivity contribution in [2.45, 2.75) is 39.8 Å². The van der Waals surface area contributed by atoms with E-state index in [1.807, 2.05) is 13.8 Å². The molecule has 0 radical (unpaired) electrons. The number of hydrogen-bond acceptors (Lipinski definition) is 3. The standard InChI is InChI=1S/C8H16N4/c1-5(2)12-7(4)10-11-8(12)6(3)9/h5-6H,9H2,1-4H3/t6-/m1/s1. The Morgan fingerprint density at radius 1 is 1.25 bits per heavy atom. The summed E-state index contributed by atoms with van der Waals surface area (Å²) in [5.41, 5.74) is 5.74. The zero-order valence-corrected chi connectivity index (χ0v) is 8.07. The van der Waals surface area contributed by atoms with Crippen LogP contribution in [0.4, 0.5) is 0 Å². The molecule has 4 heteroatoms. The van der Waals surface area contributed by atoms with Crippen LogP contribution in [0.3, 0.4) is 0 Å². The topological polar surface area (TPSA) is 56.7 Å². The Hall–Kier alpha value is -0.900. The van der Waals surface area contributed by atoms with Crippen LogP contribution >= 0.6 is 0 Å². The number of aryl methyl sites for hydroxylation is 1. The molecule has 0 bridgehead atoms. The fourth-order valence-corrected chi connectivity index (χ4v) is 1.33. The molecule has 0 saturated carbocycles. The first-order chi connectivity index (χ1) is 5.54. The Bertz CT molecular complexity index is 262. The maximum absolute atomic E-state index is 5.74. The average molecular weight is 168 g/mol. The molecule has 0 fully saturated rings. The van der Waals surface area contributed by atoms with Crippen LogP contribution in [0.15, 0.2) is 0 Å². The highest BCUT2D eigenvalue weighted by Gasteiger charge is 2.13. The smallest absolute Gasteiger partial charge is 0.149 e. The van der Waals surface area contributed by atoms with Gasteiger partial charge < -0.3 is 10.3 Å². The Balaban J connectivity index is 3.12. The van der Waals surface area contributed by atoms with Gasteiger partial charge >= 0.3 is 0 Å². The van der Waals surface area contributed by atoms with Gasteiger partial charge in [-0.1, -0.05) is 0 Å². The Morgan fingerprint density at radius 3 is 2.17 bits per heavy atom. The summed E-state index contributed by atoms with van der Waals surface area (Å²) in [6, 6.07) is 0.328. The van der Waals surface area contributed by atoms with Gasteiger partial charge in [0.2, 0.25) is 0 Å². The molecule has 0 aromatic carbocycles. The maximum Gasteiger partial charge on any atom is 0.149 e. The van der Waals surface area contributed by atoms with Crippen LogP contribution < -0.4 is 5.73 Å². The molecule has 0 aliphatic carbocycles. The molecule has 1 rings (SSSR count). The second-order valence-corrected chi connectivity index (χ2v) is 3.36. The van der Waals surface area contributed by atoms with Crippen molar-refractivity contribution in [3.8, 4) is 0 Å². The summed E-state index contributed by atoms with van der Waals surface area (Å²) in [5, 5.41) is 8.02. The van der Waals surface area contributed by atoms with E-state index in [0.29, 0.717) is 6.04 Å². The van der Waals surface area contributed by atoms with E-state index in [2.05, 4.69) is 28.6 Å². The molecule has 1 heterocycles. The number of nitrogens with zero attached hydrogens (tertiary/aromatic N) is 3. The van der Waals surface area contributed by atoms with Crippen LogP contribution in [-0.4, -0.2) is 14.8 Å². The lowest BCUT2D eigenvalue weighted by atomic mass is 10.3. The summed E-state index contributed by atoms with van der Waals surface area (Å²) >= 11 is 0. The molecule has 12 heavy (non-hydrogen) atoms. The highest BCUT2D eigenvalue weighted by atomic mass is 15.3. The monoisotopic (exact) mass is 168 g/mol. The number of hydrogen-bond donors (Lipinski definition) is 1. The van der Waals surface area contributed by atoms with Crippen molar-refractivity contribution >= 4 is 0 Å². The van der Waals surface area contributed by atoms with Gasteiger partial charge in [0, 0.05) is 6.04 Å². The predicted octanol–water partition coefficient (Wildman–Crippen LogP) is 1.19. The largest absolute Gasteiger partial charge is 0.322 e. The van der Waals surface area contributed by atoms with E-state index in [4.69, 9.17) is 5.73 Å². The number of rotatable bonds is 2. The molecule has 0 aliphatic heterocycles. The zero-order valence-electron chi connectivity index (χ0n) is 8.07. The number of aromatic nitrogens is 3. The molecule has 0 amide bonds. The molecule has 68 valence electrons. The molecule has 2 N–H and O–H groups in total. The van der Waals surface area contributed by atoms with E-state index < -0.39 is 0 Å². The number of nitrogens with two attached hydrogens (primary N) is 1. The molecule has 1 atom stereocenters. The molecule has 1 aromatic heterocycles. The summed E-state index contributed by atoms with van der Waals surface area (Å²) < 4.78 is 2.06. The van der Waals surface area contributed by atoms with E-state index in [0.717, 1.165) is 11.6 Å². The third-order valence-corrected chi connectivity index (χ3v) is 1.82. The summed E-state index contributed by atoms with van der Waals surface area (Å²) in [6.07, 6.45) is 0. The average Bonchev–Trinajstić information content (AvgIpc) is 2.30. The van der Waals surface area contributed by atoms with Crippen molar-refractivity contribution in [2.24, 2.45) is 5.73 Å². The van der Waals surface area contributed by atoms with Gasteiger partial charge in [-0.3, -0.25) is 0 Å². The fourth-order valence-electron chi connectivity index (χ4n) is 1.33. The SMILES string of the molecule is Cc1nnc([C@@H](C)N)n1C(C)C. The minimum absolute atomic E-state index is 0.0476. The van der Waals surface area contributed by atoms with Crippen molar-refractivity contribution in [2.75, 3.05) is 0 Å². The lowest BCUT2D eigenvalue weighted by molar-refractivity contribution is 0.532. The summed E-state index contributed by atoms with van der Waals surface area (Å²) in [7, 11) is 0. The minimum Gasteiger partial charge on any atom is -0.322 e. The highest BCUT2D eigenvalue weighted by Crippen LogP contribution is 2.14. The lowest BCUT2D eigenvalue weighted by Gasteiger charge is -2.13. The molecule has 0 unspecified atom stereocenters. The van der Waals surface area contributed by atoms with Crippen LogP contribution in [0, 0.1) is 6.92 Å².